The van der Waals surface area contributed by atoms with Crippen molar-refractivity contribution in [3.05, 3.63) is 24.3 Å². The predicted molar refractivity (Wildman–Crippen MR) is 86.7 cm³/mol. The van der Waals surface area contributed by atoms with Crippen LogP contribution < -0.4 is 14.5 Å². The van der Waals surface area contributed by atoms with Crippen LogP contribution in [0.15, 0.2) is 29.4 Å². The highest BCUT2D eigenvalue weighted by molar-refractivity contribution is 7.92. The van der Waals surface area contributed by atoms with Gasteiger partial charge in [-0.05, 0) is 45.0 Å². The first-order valence-corrected chi connectivity index (χ1v) is 8.46. The highest BCUT2D eigenvalue weighted by atomic mass is 32.2. The van der Waals surface area contributed by atoms with Gasteiger partial charge in [0.15, 0.2) is 0 Å². The average Bonchev–Trinajstić information content (AvgIpc) is 2.44. The number of hydrazone groups is 1. The van der Waals surface area contributed by atoms with Gasteiger partial charge >= 0.3 is 0 Å². The number of benzene rings is 1. The monoisotopic (exact) mass is 327 g/mol. The number of ether oxygens (including phenoxy) is 1. The number of hydrogen-bond acceptors (Lipinski definition) is 5. The molecule has 0 spiro atoms. The molecular weight excluding hydrogens is 306 g/mol. The van der Waals surface area contributed by atoms with E-state index in [1.165, 1.54) is 14.0 Å². The highest BCUT2D eigenvalue weighted by Gasteiger charge is 2.29. The maximum Gasteiger partial charge on any atom is 0.263 e. The van der Waals surface area contributed by atoms with Gasteiger partial charge in [0.2, 0.25) is 10.0 Å². The molecule has 0 aliphatic carbocycles. The minimum Gasteiger partial charge on any atom is -0.497 e. The lowest BCUT2D eigenvalue weighted by molar-refractivity contribution is -0.121. The molecule has 1 amide bonds. The summed E-state index contributed by atoms with van der Waals surface area (Å²) in [5, 5.41) is 3.81. The third-order valence-electron chi connectivity index (χ3n) is 2.81. The number of nitrogens with zero attached hydrogens (tertiary/aromatic N) is 2. The summed E-state index contributed by atoms with van der Waals surface area (Å²) in [7, 11) is -2.12. The van der Waals surface area contributed by atoms with E-state index < -0.39 is 22.0 Å². The first kappa shape index (κ1) is 18.0. The first-order valence-electron chi connectivity index (χ1n) is 6.61. The summed E-state index contributed by atoms with van der Waals surface area (Å²) in [5.41, 5.74) is 3.39. The van der Waals surface area contributed by atoms with E-state index in [1.807, 2.05) is 0 Å². The Morgan fingerprint density at radius 1 is 1.27 bits per heavy atom. The first-order chi connectivity index (χ1) is 10.2. The summed E-state index contributed by atoms with van der Waals surface area (Å²) in [6.45, 7) is 4.95. The van der Waals surface area contributed by atoms with Gasteiger partial charge in [-0.3, -0.25) is 9.10 Å². The van der Waals surface area contributed by atoms with Crippen LogP contribution in [0.2, 0.25) is 0 Å². The van der Waals surface area contributed by atoms with Crippen LogP contribution in [-0.4, -0.2) is 39.4 Å². The van der Waals surface area contributed by atoms with Crippen molar-refractivity contribution in [3.8, 4) is 5.75 Å². The number of carbonyl (C=O) groups excluding carboxylic acids is 1. The van der Waals surface area contributed by atoms with Crippen molar-refractivity contribution in [3.63, 3.8) is 0 Å². The Morgan fingerprint density at radius 3 is 2.23 bits per heavy atom. The topological polar surface area (TPSA) is 88.1 Å². The van der Waals surface area contributed by atoms with Crippen LogP contribution in [0.3, 0.4) is 0 Å². The Balaban J connectivity index is 3.12. The van der Waals surface area contributed by atoms with Gasteiger partial charge in [-0.2, -0.15) is 5.10 Å². The summed E-state index contributed by atoms with van der Waals surface area (Å²) in [5.74, 6) is 0.0861. The number of sulfonamides is 1. The molecule has 0 aliphatic rings. The summed E-state index contributed by atoms with van der Waals surface area (Å²) >= 11 is 0. The quantitative estimate of drug-likeness (QED) is 0.631. The van der Waals surface area contributed by atoms with Crippen LogP contribution in [0.4, 0.5) is 5.69 Å². The van der Waals surface area contributed by atoms with Crippen LogP contribution in [0, 0.1) is 0 Å². The van der Waals surface area contributed by atoms with Crippen molar-refractivity contribution >= 4 is 27.3 Å². The number of anilines is 1. The fourth-order valence-electron chi connectivity index (χ4n) is 1.80. The van der Waals surface area contributed by atoms with E-state index in [0.29, 0.717) is 17.1 Å². The lowest BCUT2D eigenvalue weighted by Gasteiger charge is -2.27. The fraction of sp³-hybridized carbons (Fsp3) is 0.429. The number of amides is 1. The molecule has 0 fully saturated rings. The molecule has 0 saturated heterocycles. The molecule has 0 radical (unpaired) electrons. The molecule has 0 aliphatic heterocycles. The second kappa shape index (κ2) is 7.26. The van der Waals surface area contributed by atoms with Gasteiger partial charge in [0.25, 0.3) is 5.91 Å². The lowest BCUT2D eigenvalue weighted by Crippen LogP contribution is -2.46. The Hall–Kier alpha value is -2.09. The molecule has 0 aromatic heterocycles. The van der Waals surface area contributed by atoms with Crippen molar-refractivity contribution in [1.29, 1.82) is 0 Å². The molecule has 7 nitrogen and oxygen atoms in total. The highest BCUT2D eigenvalue weighted by Crippen LogP contribution is 2.23. The summed E-state index contributed by atoms with van der Waals surface area (Å²) in [6.07, 6.45) is 1.05. The van der Waals surface area contributed by atoms with E-state index in [9.17, 15) is 13.2 Å². The van der Waals surface area contributed by atoms with Crippen molar-refractivity contribution in [2.45, 2.75) is 26.8 Å². The van der Waals surface area contributed by atoms with E-state index in [2.05, 4.69) is 10.5 Å². The largest absolute Gasteiger partial charge is 0.497 e. The van der Waals surface area contributed by atoms with Crippen molar-refractivity contribution in [2.75, 3.05) is 17.7 Å². The molecular formula is C14H21N3O4S. The normalized spacial score (nSPS) is 12.2. The molecule has 0 saturated carbocycles. The Kier molecular flexibility index (Phi) is 5.92. The van der Waals surface area contributed by atoms with Gasteiger partial charge in [0, 0.05) is 5.71 Å². The number of nitrogens with one attached hydrogen (secondary N) is 1. The van der Waals surface area contributed by atoms with Crippen LogP contribution in [0.1, 0.15) is 20.8 Å². The van der Waals surface area contributed by atoms with Gasteiger partial charge in [-0.25, -0.2) is 13.8 Å². The minimum atomic E-state index is -3.64. The maximum absolute atomic E-state index is 12.1. The third kappa shape index (κ3) is 4.73. The molecule has 122 valence electrons. The number of methoxy groups -OCH3 is 1. The molecule has 22 heavy (non-hydrogen) atoms. The van der Waals surface area contributed by atoms with Crippen LogP contribution >= 0.6 is 0 Å². The van der Waals surface area contributed by atoms with Crippen molar-refractivity contribution < 1.29 is 17.9 Å². The second-order valence-electron chi connectivity index (χ2n) is 4.97. The van der Waals surface area contributed by atoms with E-state index in [-0.39, 0.29) is 0 Å². The van der Waals surface area contributed by atoms with Gasteiger partial charge < -0.3 is 4.74 Å². The molecule has 0 heterocycles. The van der Waals surface area contributed by atoms with Gasteiger partial charge in [-0.1, -0.05) is 0 Å². The Labute approximate surface area is 131 Å². The summed E-state index contributed by atoms with van der Waals surface area (Å²) < 4.78 is 30.2. The molecule has 0 bridgehead atoms. The van der Waals surface area contributed by atoms with Crippen molar-refractivity contribution in [2.24, 2.45) is 5.10 Å². The standard InChI is InChI=1S/C14H21N3O4S/c1-10(2)15-16-14(18)11(3)17(22(5,19)20)12-6-8-13(21-4)9-7-12/h6-9,11H,1-5H3,(H,16,18)/t11-/m0/s1. The minimum absolute atomic E-state index is 0.378. The third-order valence-corrected chi connectivity index (χ3v) is 4.05. The zero-order valence-electron chi connectivity index (χ0n) is 13.3. The molecule has 1 aromatic carbocycles. The zero-order valence-corrected chi connectivity index (χ0v) is 14.1. The SMILES string of the molecule is COc1ccc(N([C@@H](C)C(=O)NN=C(C)C)S(C)(=O)=O)cc1. The predicted octanol–water partition coefficient (Wildman–Crippen LogP) is 1.36. The molecule has 1 N–H and O–H groups in total. The van der Waals surface area contributed by atoms with E-state index in [0.717, 1.165) is 10.6 Å². The van der Waals surface area contributed by atoms with Gasteiger partial charge in [0.1, 0.15) is 11.8 Å². The summed E-state index contributed by atoms with van der Waals surface area (Å²) in [6, 6.07) is 5.49. The number of rotatable bonds is 6. The van der Waals surface area contributed by atoms with Crippen LogP contribution in [0.5, 0.6) is 5.75 Å². The average molecular weight is 327 g/mol. The fourth-order valence-corrected chi connectivity index (χ4v) is 2.97. The maximum atomic E-state index is 12.1. The molecule has 0 unspecified atom stereocenters. The van der Waals surface area contributed by atoms with Crippen molar-refractivity contribution in [1.82, 2.24) is 5.43 Å². The van der Waals surface area contributed by atoms with E-state index in [4.69, 9.17) is 4.74 Å². The molecule has 1 aromatic rings. The van der Waals surface area contributed by atoms with E-state index >= 15 is 0 Å². The number of carbonyl (C=O) groups is 1. The van der Waals surface area contributed by atoms with E-state index in [1.54, 1.807) is 38.1 Å². The molecule has 1 atom stereocenters. The Morgan fingerprint density at radius 2 is 1.82 bits per heavy atom. The smallest absolute Gasteiger partial charge is 0.263 e. The second-order valence-corrected chi connectivity index (χ2v) is 6.83. The van der Waals surface area contributed by atoms with Gasteiger partial charge in [-0.15, -0.1) is 0 Å². The lowest BCUT2D eigenvalue weighted by atomic mass is 10.2. The van der Waals surface area contributed by atoms with Crippen LogP contribution in [-0.2, 0) is 14.8 Å². The Bertz CT molecular complexity index is 649. The summed E-state index contributed by atoms with van der Waals surface area (Å²) in [4.78, 5) is 12.1. The zero-order chi connectivity index (χ0) is 16.9. The molecule has 1 rings (SSSR count). The van der Waals surface area contributed by atoms with Gasteiger partial charge in [0.05, 0.1) is 19.1 Å². The molecule has 8 heteroatoms. The number of hydrogen-bond donors (Lipinski definition) is 1. The van der Waals surface area contributed by atoms with Crippen LogP contribution in [0.25, 0.3) is 0 Å².